The van der Waals surface area contributed by atoms with Crippen molar-refractivity contribution in [3.8, 4) is 0 Å². The average Bonchev–Trinajstić information content (AvgIpc) is 2.39. The lowest BCUT2D eigenvalue weighted by molar-refractivity contribution is -0.113. The van der Waals surface area contributed by atoms with Gasteiger partial charge in [-0.05, 0) is 24.1 Å². The van der Waals surface area contributed by atoms with E-state index < -0.39 is 10.8 Å². The van der Waals surface area contributed by atoms with E-state index in [1.807, 2.05) is 12.1 Å². The van der Waals surface area contributed by atoms with Gasteiger partial charge >= 0.3 is 0 Å². The van der Waals surface area contributed by atoms with Crippen molar-refractivity contribution in [1.82, 2.24) is 0 Å². The van der Waals surface area contributed by atoms with Crippen molar-refractivity contribution in [1.29, 1.82) is 0 Å². The molecule has 0 fully saturated rings. The van der Waals surface area contributed by atoms with Gasteiger partial charge in [-0.3, -0.25) is 9.00 Å². The van der Waals surface area contributed by atoms with Crippen molar-refractivity contribution in [2.24, 2.45) is 5.73 Å². The number of benzene rings is 1. The van der Waals surface area contributed by atoms with Crippen LogP contribution in [0.15, 0.2) is 24.3 Å². The molecule has 1 unspecified atom stereocenters. The summed E-state index contributed by atoms with van der Waals surface area (Å²) in [6.45, 7) is 1.03. The number of anilines is 1. The lowest BCUT2D eigenvalue weighted by Crippen LogP contribution is -2.21. The van der Waals surface area contributed by atoms with Gasteiger partial charge in [0.25, 0.3) is 0 Å². The molecule has 0 saturated carbocycles. The van der Waals surface area contributed by atoms with Crippen LogP contribution in [-0.2, 0) is 26.9 Å². The summed E-state index contributed by atoms with van der Waals surface area (Å²) in [6, 6.07) is 7.28. The van der Waals surface area contributed by atoms with Crippen LogP contribution in [0.1, 0.15) is 12.0 Å². The van der Waals surface area contributed by atoms with E-state index in [-0.39, 0.29) is 11.7 Å². The highest BCUT2D eigenvalue weighted by Crippen LogP contribution is 2.09. The first-order valence-corrected chi connectivity index (χ1v) is 7.57. The van der Waals surface area contributed by atoms with E-state index >= 15 is 0 Å². The van der Waals surface area contributed by atoms with E-state index in [4.69, 9.17) is 10.5 Å². The van der Waals surface area contributed by atoms with Gasteiger partial charge in [0.15, 0.2) is 0 Å². The maximum absolute atomic E-state index is 11.6. The van der Waals surface area contributed by atoms with Crippen LogP contribution in [0.5, 0.6) is 0 Å². The molecule has 5 nitrogen and oxygen atoms in total. The molecule has 106 valence electrons. The first-order valence-electron chi connectivity index (χ1n) is 6.08. The molecule has 0 aliphatic carbocycles. The Hall–Kier alpha value is -1.24. The lowest BCUT2D eigenvalue weighted by atomic mass is 10.2. The number of amides is 1. The van der Waals surface area contributed by atoms with Crippen molar-refractivity contribution >= 4 is 22.4 Å². The Kier molecular flexibility index (Phi) is 7.32. The Balaban J connectivity index is 2.35. The summed E-state index contributed by atoms with van der Waals surface area (Å²) in [6.07, 6.45) is 0.696. The Morgan fingerprint density at radius 3 is 2.63 bits per heavy atom. The number of nitrogens with two attached hydrogens (primary N) is 1. The quantitative estimate of drug-likeness (QED) is 0.694. The molecule has 1 aromatic carbocycles. The predicted octanol–water partition coefficient (Wildman–Crippen LogP) is 0.869. The van der Waals surface area contributed by atoms with E-state index in [9.17, 15) is 9.00 Å². The molecular formula is C13H20N2O3S. The monoisotopic (exact) mass is 284 g/mol. The summed E-state index contributed by atoms with van der Waals surface area (Å²) in [5.41, 5.74) is 7.18. The zero-order valence-electron chi connectivity index (χ0n) is 11.1. The van der Waals surface area contributed by atoms with Crippen LogP contribution in [0.2, 0.25) is 0 Å². The second kappa shape index (κ2) is 8.79. The van der Waals surface area contributed by atoms with Gasteiger partial charge in [0, 0.05) is 42.5 Å². The summed E-state index contributed by atoms with van der Waals surface area (Å²) >= 11 is 0. The fourth-order valence-electron chi connectivity index (χ4n) is 1.50. The standard InChI is InChI=1S/C13H20N2O3S/c1-18-7-2-8-19(17)10-13(16)15-12-5-3-11(9-14)4-6-12/h3-6H,2,7-10,14H2,1H3,(H,15,16). The first kappa shape index (κ1) is 15.8. The van der Waals surface area contributed by atoms with Crippen molar-refractivity contribution in [3.05, 3.63) is 29.8 Å². The fourth-order valence-corrected chi connectivity index (χ4v) is 2.45. The maximum Gasteiger partial charge on any atom is 0.236 e. The molecule has 0 saturated heterocycles. The molecule has 0 radical (unpaired) electrons. The average molecular weight is 284 g/mol. The lowest BCUT2D eigenvalue weighted by Gasteiger charge is -2.06. The van der Waals surface area contributed by atoms with Crippen molar-refractivity contribution in [2.45, 2.75) is 13.0 Å². The summed E-state index contributed by atoms with van der Waals surface area (Å²) in [7, 11) is 0.455. The molecule has 1 atom stereocenters. The minimum atomic E-state index is -1.14. The van der Waals surface area contributed by atoms with Gasteiger partial charge in [0.1, 0.15) is 5.75 Å². The van der Waals surface area contributed by atoms with E-state index in [0.29, 0.717) is 31.0 Å². The number of carbonyl (C=O) groups excluding carboxylic acids is 1. The second-order valence-corrected chi connectivity index (χ2v) is 5.66. The van der Waals surface area contributed by atoms with Crippen molar-refractivity contribution in [2.75, 3.05) is 30.5 Å². The molecule has 6 heteroatoms. The molecule has 1 amide bonds. The predicted molar refractivity (Wildman–Crippen MR) is 77.3 cm³/mol. The van der Waals surface area contributed by atoms with Crippen molar-refractivity contribution < 1.29 is 13.7 Å². The van der Waals surface area contributed by atoms with E-state index in [1.54, 1.807) is 19.2 Å². The molecule has 0 spiro atoms. The Morgan fingerprint density at radius 2 is 2.05 bits per heavy atom. The highest BCUT2D eigenvalue weighted by molar-refractivity contribution is 7.85. The van der Waals surface area contributed by atoms with Gasteiger partial charge < -0.3 is 15.8 Å². The number of methoxy groups -OCH3 is 1. The van der Waals surface area contributed by atoms with Crippen LogP contribution in [0, 0.1) is 0 Å². The number of nitrogens with one attached hydrogen (secondary N) is 1. The number of hydrogen-bond acceptors (Lipinski definition) is 4. The molecule has 1 aromatic rings. The van der Waals surface area contributed by atoms with E-state index in [1.165, 1.54) is 0 Å². The summed E-state index contributed by atoms with van der Waals surface area (Å²) in [4.78, 5) is 11.6. The largest absolute Gasteiger partial charge is 0.385 e. The smallest absolute Gasteiger partial charge is 0.236 e. The molecule has 0 heterocycles. The molecular weight excluding hydrogens is 264 g/mol. The number of carbonyl (C=O) groups is 1. The molecule has 3 N–H and O–H groups in total. The second-order valence-electron chi connectivity index (χ2n) is 4.08. The van der Waals surface area contributed by atoms with E-state index in [0.717, 1.165) is 5.56 Å². The van der Waals surface area contributed by atoms with Gasteiger partial charge in [-0.25, -0.2) is 0 Å². The highest BCUT2D eigenvalue weighted by atomic mass is 32.2. The van der Waals surface area contributed by atoms with Gasteiger partial charge in [-0.2, -0.15) is 0 Å². The third-order valence-corrected chi connectivity index (χ3v) is 3.81. The Labute approximate surface area is 116 Å². The van der Waals surface area contributed by atoms with Crippen LogP contribution in [-0.4, -0.2) is 35.3 Å². The van der Waals surface area contributed by atoms with Gasteiger partial charge in [-0.15, -0.1) is 0 Å². The Morgan fingerprint density at radius 1 is 1.37 bits per heavy atom. The summed E-state index contributed by atoms with van der Waals surface area (Å²) in [5.74, 6) is 0.256. The van der Waals surface area contributed by atoms with Crippen LogP contribution in [0.25, 0.3) is 0 Å². The summed E-state index contributed by atoms with van der Waals surface area (Å²) in [5, 5.41) is 2.71. The van der Waals surface area contributed by atoms with Gasteiger partial charge in [0.2, 0.25) is 5.91 Å². The molecule has 0 aromatic heterocycles. The van der Waals surface area contributed by atoms with Crippen molar-refractivity contribution in [3.63, 3.8) is 0 Å². The van der Waals surface area contributed by atoms with Crippen LogP contribution < -0.4 is 11.1 Å². The third kappa shape index (κ3) is 6.47. The minimum absolute atomic E-state index is 0.0162. The maximum atomic E-state index is 11.6. The molecule has 19 heavy (non-hydrogen) atoms. The normalized spacial score (nSPS) is 12.1. The molecule has 0 aliphatic rings. The topological polar surface area (TPSA) is 81.4 Å². The number of rotatable bonds is 8. The van der Waals surface area contributed by atoms with Crippen LogP contribution in [0.3, 0.4) is 0 Å². The zero-order chi connectivity index (χ0) is 14.1. The molecule has 0 bridgehead atoms. The Bertz CT molecular complexity index is 420. The molecule has 1 rings (SSSR count). The van der Waals surface area contributed by atoms with E-state index in [2.05, 4.69) is 5.32 Å². The summed E-state index contributed by atoms with van der Waals surface area (Å²) < 4.78 is 16.5. The third-order valence-electron chi connectivity index (χ3n) is 2.49. The number of hydrogen-bond donors (Lipinski definition) is 2. The molecule has 0 aliphatic heterocycles. The zero-order valence-corrected chi connectivity index (χ0v) is 11.9. The van der Waals surface area contributed by atoms with Gasteiger partial charge in [-0.1, -0.05) is 12.1 Å². The van der Waals surface area contributed by atoms with Crippen LogP contribution in [0.4, 0.5) is 5.69 Å². The number of ether oxygens (including phenoxy) is 1. The fraction of sp³-hybridized carbons (Fsp3) is 0.462. The SMILES string of the molecule is COCCCS(=O)CC(=O)Nc1ccc(CN)cc1. The van der Waals surface area contributed by atoms with Gasteiger partial charge in [0.05, 0.1) is 0 Å². The highest BCUT2D eigenvalue weighted by Gasteiger charge is 2.08. The first-order chi connectivity index (χ1) is 9.15. The van der Waals surface area contributed by atoms with Crippen LogP contribution >= 0.6 is 0 Å². The minimum Gasteiger partial charge on any atom is -0.385 e.